The van der Waals surface area contributed by atoms with Crippen molar-refractivity contribution >= 4 is 27.3 Å². The van der Waals surface area contributed by atoms with Crippen molar-refractivity contribution in [2.45, 2.75) is 32.7 Å². The second kappa shape index (κ2) is 7.17. The predicted octanol–water partition coefficient (Wildman–Crippen LogP) is 4.50. The lowest BCUT2D eigenvalue weighted by Crippen LogP contribution is -2.23. The molecule has 0 bridgehead atoms. The average Bonchev–Trinajstić information content (AvgIpc) is 2.82. The van der Waals surface area contributed by atoms with Crippen LogP contribution >= 0.6 is 27.3 Å². The van der Waals surface area contributed by atoms with Gasteiger partial charge in [-0.3, -0.25) is 0 Å². The van der Waals surface area contributed by atoms with E-state index in [4.69, 9.17) is 0 Å². The van der Waals surface area contributed by atoms with E-state index in [9.17, 15) is 0 Å². The highest BCUT2D eigenvalue weighted by Gasteiger charge is 2.08. The van der Waals surface area contributed by atoms with Gasteiger partial charge >= 0.3 is 0 Å². The summed E-state index contributed by atoms with van der Waals surface area (Å²) in [5, 5.41) is 6.91. The van der Waals surface area contributed by atoms with Crippen LogP contribution in [0.4, 0.5) is 0 Å². The van der Waals surface area contributed by atoms with Gasteiger partial charge in [0.15, 0.2) is 0 Å². The Hall–Kier alpha value is -0.710. The van der Waals surface area contributed by atoms with Gasteiger partial charge in [0.25, 0.3) is 0 Å². The number of aryl methyl sites for hydroxylation is 1. The first-order valence-corrected chi connectivity index (χ1v) is 8.26. The minimum Gasteiger partial charge on any atom is -0.310 e. The van der Waals surface area contributed by atoms with E-state index < -0.39 is 0 Å². The van der Waals surface area contributed by atoms with E-state index >= 15 is 0 Å². The van der Waals surface area contributed by atoms with Crippen LogP contribution in [-0.4, -0.2) is 11.5 Å². The number of halogens is 1. The van der Waals surface area contributed by atoms with E-state index in [1.54, 1.807) is 11.3 Å². The third-order valence-electron chi connectivity index (χ3n) is 3.12. The van der Waals surface area contributed by atoms with E-state index in [1.165, 1.54) is 11.3 Å². The van der Waals surface area contributed by atoms with Crippen molar-refractivity contribution < 1.29 is 0 Å². The number of hydrogen-bond acceptors (Lipinski definition) is 3. The van der Waals surface area contributed by atoms with Gasteiger partial charge in [0.05, 0.1) is 10.7 Å². The number of nitrogens with one attached hydrogen (secondary N) is 1. The second-order valence-electron chi connectivity index (χ2n) is 4.57. The van der Waals surface area contributed by atoms with Crippen LogP contribution in [0.3, 0.4) is 0 Å². The molecule has 0 spiro atoms. The molecule has 19 heavy (non-hydrogen) atoms. The van der Waals surface area contributed by atoms with Crippen molar-refractivity contribution in [2.75, 3.05) is 6.54 Å². The highest BCUT2D eigenvalue weighted by molar-refractivity contribution is 9.10. The van der Waals surface area contributed by atoms with Crippen molar-refractivity contribution in [3.8, 4) is 0 Å². The fraction of sp³-hybridized carbons (Fsp3) is 0.400. The molecule has 4 heteroatoms. The van der Waals surface area contributed by atoms with Crippen LogP contribution in [0.5, 0.6) is 0 Å². The molecule has 0 aliphatic carbocycles. The Morgan fingerprint density at radius 2 is 2.05 bits per heavy atom. The van der Waals surface area contributed by atoms with Crippen molar-refractivity contribution in [3.05, 3.63) is 50.4 Å². The average molecular weight is 339 g/mol. The fourth-order valence-corrected chi connectivity index (χ4v) is 3.00. The summed E-state index contributed by atoms with van der Waals surface area (Å²) in [6.07, 6.45) is 2.09. The zero-order valence-corrected chi connectivity index (χ0v) is 13.7. The number of rotatable bonds is 6. The molecule has 2 nitrogen and oxygen atoms in total. The highest BCUT2D eigenvalue weighted by atomic mass is 79.9. The smallest absolute Gasteiger partial charge is 0.0897 e. The molecule has 102 valence electrons. The summed E-state index contributed by atoms with van der Waals surface area (Å²) in [5.74, 6) is 0. The lowest BCUT2D eigenvalue weighted by molar-refractivity contribution is 0.521. The van der Waals surface area contributed by atoms with E-state index in [-0.39, 0.29) is 0 Å². The lowest BCUT2D eigenvalue weighted by Gasteiger charge is -2.17. The summed E-state index contributed by atoms with van der Waals surface area (Å²) in [7, 11) is 0. The predicted molar refractivity (Wildman–Crippen MR) is 85.7 cm³/mol. The maximum Gasteiger partial charge on any atom is 0.0897 e. The molecular weight excluding hydrogens is 320 g/mol. The third kappa shape index (κ3) is 4.41. The second-order valence-corrected chi connectivity index (χ2v) is 6.55. The topological polar surface area (TPSA) is 24.9 Å². The Labute approximate surface area is 127 Å². The highest BCUT2D eigenvalue weighted by Crippen LogP contribution is 2.19. The molecule has 0 saturated heterocycles. The first-order chi connectivity index (χ1) is 9.19. The molecule has 1 N–H and O–H groups in total. The quantitative estimate of drug-likeness (QED) is 0.838. The van der Waals surface area contributed by atoms with Crippen molar-refractivity contribution in [1.29, 1.82) is 0 Å². The first-order valence-electron chi connectivity index (χ1n) is 6.59. The summed E-state index contributed by atoms with van der Waals surface area (Å²) in [4.78, 5) is 4.49. The van der Waals surface area contributed by atoms with Gasteiger partial charge in [-0.15, -0.1) is 11.3 Å². The van der Waals surface area contributed by atoms with E-state index in [2.05, 4.69) is 69.7 Å². The van der Waals surface area contributed by atoms with Crippen molar-refractivity contribution in [1.82, 2.24) is 10.3 Å². The molecule has 1 heterocycles. The Kier molecular flexibility index (Phi) is 5.55. The van der Waals surface area contributed by atoms with Crippen LogP contribution < -0.4 is 5.32 Å². The molecule has 1 unspecified atom stereocenters. The summed E-state index contributed by atoms with van der Waals surface area (Å²) < 4.78 is 1.13. The van der Waals surface area contributed by atoms with Crippen molar-refractivity contribution in [2.24, 2.45) is 0 Å². The minimum atomic E-state index is 0.424. The Morgan fingerprint density at radius 1 is 1.32 bits per heavy atom. The summed E-state index contributed by atoms with van der Waals surface area (Å²) in [6, 6.07) is 8.98. The largest absolute Gasteiger partial charge is 0.310 e. The summed E-state index contributed by atoms with van der Waals surface area (Å²) in [6.45, 7) is 5.24. The zero-order chi connectivity index (χ0) is 13.7. The molecule has 2 rings (SSSR count). The molecule has 1 aromatic carbocycles. The maximum absolute atomic E-state index is 4.49. The van der Waals surface area contributed by atoms with Crippen LogP contribution in [0.25, 0.3) is 0 Å². The van der Waals surface area contributed by atoms with Crippen LogP contribution in [0, 0.1) is 6.92 Å². The molecule has 0 saturated carbocycles. The summed E-state index contributed by atoms with van der Waals surface area (Å²) >= 11 is 5.20. The molecule has 1 aromatic heterocycles. The fourth-order valence-electron chi connectivity index (χ4n) is 2.09. The van der Waals surface area contributed by atoms with Gasteiger partial charge in [-0.05, 0) is 31.0 Å². The molecular formula is C15H19BrN2S. The third-order valence-corrected chi connectivity index (χ3v) is 4.47. The molecule has 0 amide bonds. The first kappa shape index (κ1) is 14.7. The van der Waals surface area contributed by atoms with Gasteiger partial charge < -0.3 is 5.32 Å². The van der Waals surface area contributed by atoms with Crippen LogP contribution in [0.1, 0.15) is 35.7 Å². The zero-order valence-electron chi connectivity index (χ0n) is 11.3. The van der Waals surface area contributed by atoms with Crippen molar-refractivity contribution in [3.63, 3.8) is 0 Å². The lowest BCUT2D eigenvalue weighted by atomic mass is 10.0. The van der Waals surface area contributed by atoms with Crippen LogP contribution in [-0.2, 0) is 6.42 Å². The van der Waals surface area contributed by atoms with Crippen LogP contribution in [0.15, 0.2) is 34.1 Å². The molecule has 0 radical (unpaired) electrons. The Morgan fingerprint density at radius 3 is 2.63 bits per heavy atom. The van der Waals surface area contributed by atoms with E-state index in [0.717, 1.165) is 28.9 Å². The number of aromatic nitrogens is 1. The molecule has 0 aliphatic heterocycles. The molecule has 0 aliphatic rings. The van der Waals surface area contributed by atoms with E-state index in [0.29, 0.717) is 6.04 Å². The maximum atomic E-state index is 4.49. The van der Waals surface area contributed by atoms with Gasteiger partial charge in [-0.1, -0.05) is 35.0 Å². The minimum absolute atomic E-state index is 0.424. The number of thiazole rings is 1. The number of hydrogen-bond donors (Lipinski definition) is 1. The standard InChI is InChI=1S/C15H19BrN2S/c1-3-15(12-4-6-13(16)7-5-12)17-9-8-14-10-19-11(2)18-14/h4-7,10,15,17H,3,8-9H2,1-2H3. The van der Waals surface area contributed by atoms with Gasteiger partial charge in [0.2, 0.25) is 0 Å². The summed E-state index contributed by atoms with van der Waals surface area (Å²) in [5.41, 5.74) is 2.54. The Balaban J connectivity index is 1.87. The van der Waals surface area contributed by atoms with Gasteiger partial charge in [0, 0.05) is 28.9 Å². The Bertz CT molecular complexity index is 507. The van der Waals surface area contributed by atoms with Gasteiger partial charge in [-0.2, -0.15) is 0 Å². The molecule has 2 aromatic rings. The van der Waals surface area contributed by atoms with E-state index in [1.807, 2.05) is 0 Å². The van der Waals surface area contributed by atoms with Gasteiger partial charge in [-0.25, -0.2) is 4.98 Å². The molecule has 1 atom stereocenters. The van der Waals surface area contributed by atoms with Gasteiger partial charge in [0.1, 0.15) is 0 Å². The number of benzene rings is 1. The monoisotopic (exact) mass is 338 g/mol. The number of nitrogens with zero attached hydrogens (tertiary/aromatic N) is 1. The normalized spacial score (nSPS) is 12.6. The SMILES string of the molecule is CCC(NCCc1csc(C)n1)c1ccc(Br)cc1. The van der Waals surface area contributed by atoms with Crippen LogP contribution in [0.2, 0.25) is 0 Å². The molecule has 0 fully saturated rings.